The molecule has 3 nitrogen and oxygen atoms in total. The number of benzene rings is 2. The average molecular weight is 319 g/mol. The average Bonchev–Trinajstić information content (AvgIpc) is 2.64. The first-order chi connectivity index (χ1) is 11.8. The number of hydrogen-bond acceptors (Lipinski definition) is 3. The highest BCUT2D eigenvalue weighted by Crippen LogP contribution is 2.13. The second-order valence-electron chi connectivity index (χ2n) is 6.57. The zero-order valence-electron chi connectivity index (χ0n) is 14.2. The predicted molar refractivity (Wildman–Crippen MR) is 97.3 cm³/mol. The van der Waals surface area contributed by atoms with Crippen molar-refractivity contribution < 1.29 is 0 Å². The maximum atomic E-state index is 8.94. The summed E-state index contributed by atoms with van der Waals surface area (Å²) in [6.45, 7) is 5.19. The summed E-state index contributed by atoms with van der Waals surface area (Å²) in [5, 5.41) is 12.4. The van der Waals surface area contributed by atoms with Crippen LogP contribution >= 0.6 is 0 Å². The summed E-state index contributed by atoms with van der Waals surface area (Å²) in [5.74, 6) is 0. The normalized spacial score (nSPS) is 15.1. The molecular weight excluding hydrogens is 294 g/mol. The van der Waals surface area contributed by atoms with E-state index in [-0.39, 0.29) is 0 Å². The highest BCUT2D eigenvalue weighted by molar-refractivity contribution is 5.32. The fourth-order valence-electron chi connectivity index (χ4n) is 3.24. The van der Waals surface area contributed by atoms with E-state index in [0.29, 0.717) is 0 Å². The van der Waals surface area contributed by atoms with Gasteiger partial charge in [0.25, 0.3) is 0 Å². The Kier molecular flexibility index (Phi) is 6.01. The molecule has 1 aliphatic heterocycles. The van der Waals surface area contributed by atoms with Gasteiger partial charge in [-0.15, -0.1) is 0 Å². The van der Waals surface area contributed by atoms with Gasteiger partial charge in [0.2, 0.25) is 0 Å². The molecule has 0 unspecified atom stereocenters. The van der Waals surface area contributed by atoms with Gasteiger partial charge in [-0.25, -0.2) is 0 Å². The summed E-state index contributed by atoms with van der Waals surface area (Å²) in [6.07, 6.45) is 4.07. The van der Waals surface area contributed by atoms with Crippen LogP contribution in [0.2, 0.25) is 0 Å². The van der Waals surface area contributed by atoms with Crippen molar-refractivity contribution in [1.82, 2.24) is 10.2 Å². The molecule has 0 radical (unpaired) electrons. The van der Waals surface area contributed by atoms with Crippen LogP contribution in [0.1, 0.15) is 41.5 Å². The molecular formula is C21H25N3. The van der Waals surface area contributed by atoms with Gasteiger partial charge in [0.15, 0.2) is 0 Å². The molecule has 0 aliphatic carbocycles. The summed E-state index contributed by atoms with van der Waals surface area (Å²) in [4.78, 5) is 2.55. The predicted octanol–water partition coefficient (Wildman–Crippen LogP) is 3.83. The first-order valence-corrected chi connectivity index (χ1v) is 8.83. The summed E-state index contributed by atoms with van der Waals surface area (Å²) in [5.41, 5.74) is 4.57. The number of nitriles is 1. The lowest BCUT2D eigenvalue weighted by molar-refractivity contribution is 0.221. The smallest absolute Gasteiger partial charge is 0.0991 e. The summed E-state index contributed by atoms with van der Waals surface area (Å²) < 4.78 is 0. The van der Waals surface area contributed by atoms with Crippen molar-refractivity contribution in [2.45, 2.75) is 38.9 Å². The molecule has 0 amide bonds. The molecule has 0 bridgehead atoms. The molecule has 1 aliphatic rings. The third kappa shape index (κ3) is 4.92. The largest absolute Gasteiger partial charge is 0.309 e. The standard InChI is InChI=1S/C21H25N3/c22-14-20-5-4-6-21(13-20)16-23-15-18-7-9-19(10-8-18)17-24-11-2-1-3-12-24/h4-10,13,23H,1-3,11-12,15-17H2. The van der Waals surface area contributed by atoms with Crippen LogP contribution in [0.25, 0.3) is 0 Å². The number of piperidine rings is 1. The second kappa shape index (κ2) is 8.63. The number of likely N-dealkylation sites (tertiary alicyclic amines) is 1. The van der Waals surface area contributed by atoms with Crippen LogP contribution in [0.3, 0.4) is 0 Å². The highest BCUT2D eigenvalue weighted by atomic mass is 15.1. The zero-order chi connectivity index (χ0) is 16.6. The maximum absolute atomic E-state index is 8.94. The Morgan fingerprint density at radius 3 is 2.33 bits per heavy atom. The minimum absolute atomic E-state index is 0.719. The van der Waals surface area contributed by atoms with Crippen LogP contribution < -0.4 is 5.32 Å². The SMILES string of the molecule is N#Cc1cccc(CNCc2ccc(CN3CCCCC3)cc2)c1. The van der Waals surface area contributed by atoms with Gasteiger partial charge in [0, 0.05) is 19.6 Å². The second-order valence-corrected chi connectivity index (χ2v) is 6.57. The molecule has 124 valence electrons. The van der Waals surface area contributed by atoms with Crippen molar-refractivity contribution in [2.24, 2.45) is 0 Å². The fourth-order valence-corrected chi connectivity index (χ4v) is 3.24. The zero-order valence-corrected chi connectivity index (χ0v) is 14.2. The molecule has 1 N–H and O–H groups in total. The van der Waals surface area contributed by atoms with Gasteiger partial charge < -0.3 is 5.32 Å². The molecule has 24 heavy (non-hydrogen) atoms. The molecule has 0 atom stereocenters. The third-order valence-electron chi connectivity index (χ3n) is 4.59. The quantitative estimate of drug-likeness (QED) is 0.879. The molecule has 1 saturated heterocycles. The molecule has 1 fully saturated rings. The van der Waals surface area contributed by atoms with Crippen LogP contribution in [0.15, 0.2) is 48.5 Å². The minimum Gasteiger partial charge on any atom is -0.309 e. The Labute approximate surface area is 144 Å². The lowest BCUT2D eigenvalue weighted by atomic mass is 10.1. The van der Waals surface area contributed by atoms with Crippen molar-refractivity contribution in [3.05, 3.63) is 70.8 Å². The molecule has 0 spiro atoms. The summed E-state index contributed by atoms with van der Waals surface area (Å²) in [6, 6.07) is 18.9. The summed E-state index contributed by atoms with van der Waals surface area (Å²) in [7, 11) is 0. The molecule has 0 saturated carbocycles. The van der Waals surface area contributed by atoms with Crippen molar-refractivity contribution in [3.63, 3.8) is 0 Å². The topological polar surface area (TPSA) is 39.1 Å². The van der Waals surface area contributed by atoms with Crippen LogP contribution in [0.5, 0.6) is 0 Å². The van der Waals surface area contributed by atoms with Crippen LogP contribution in [-0.2, 0) is 19.6 Å². The first kappa shape index (κ1) is 16.7. The van der Waals surface area contributed by atoms with E-state index in [1.165, 1.54) is 43.5 Å². The van der Waals surface area contributed by atoms with Crippen LogP contribution in [0, 0.1) is 11.3 Å². The Hall–Kier alpha value is -2.15. The van der Waals surface area contributed by atoms with E-state index >= 15 is 0 Å². The monoisotopic (exact) mass is 319 g/mol. The van der Waals surface area contributed by atoms with Gasteiger partial charge >= 0.3 is 0 Å². The van der Waals surface area contributed by atoms with E-state index in [0.717, 1.165) is 30.8 Å². The van der Waals surface area contributed by atoms with Crippen molar-refractivity contribution in [2.75, 3.05) is 13.1 Å². The van der Waals surface area contributed by atoms with Gasteiger partial charge in [0.05, 0.1) is 11.6 Å². The van der Waals surface area contributed by atoms with Gasteiger partial charge in [-0.05, 0) is 54.8 Å². The highest BCUT2D eigenvalue weighted by Gasteiger charge is 2.10. The van der Waals surface area contributed by atoms with E-state index in [2.05, 4.69) is 46.6 Å². The van der Waals surface area contributed by atoms with Crippen LogP contribution in [-0.4, -0.2) is 18.0 Å². The van der Waals surface area contributed by atoms with E-state index in [9.17, 15) is 0 Å². The third-order valence-corrected chi connectivity index (χ3v) is 4.59. The van der Waals surface area contributed by atoms with E-state index < -0.39 is 0 Å². The molecule has 3 rings (SSSR count). The lowest BCUT2D eigenvalue weighted by Crippen LogP contribution is -2.29. The lowest BCUT2D eigenvalue weighted by Gasteiger charge is -2.26. The molecule has 3 heteroatoms. The van der Waals surface area contributed by atoms with E-state index in [4.69, 9.17) is 5.26 Å². The number of nitrogens with one attached hydrogen (secondary N) is 1. The van der Waals surface area contributed by atoms with Gasteiger partial charge in [0.1, 0.15) is 0 Å². The fraction of sp³-hybridized carbons (Fsp3) is 0.381. The number of hydrogen-bond donors (Lipinski definition) is 1. The Bertz CT molecular complexity index is 679. The van der Waals surface area contributed by atoms with Gasteiger partial charge in [-0.3, -0.25) is 4.90 Å². The van der Waals surface area contributed by atoms with Crippen molar-refractivity contribution in [1.29, 1.82) is 5.26 Å². The molecule has 0 aromatic heterocycles. The van der Waals surface area contributed by atoms with Crippen molar-refractivity contribution >= 4 is 0 Å². The number of rotatable bonds is 6. The molecule has 2 aromatic carbocycles. The Balaban J connectivity index is 1.46. The van der Waals surface area contributed by atoms with E-state index in [1.54, 1.807) is 0 Å². The van der Waals surface area contributed by atoms with E-state index in [1.807, 2.05) is 18.2 Å². The Morgan fingerprint density at radius 2 is 1.58 bits per heavy atom. The van der Waals surface area contributed by atoms with Crippen LogP contribution in [0.4, 0.5) is 0 Å². The number of nitrogens with zero attached hydrogens (tertiary/aromatic N) is 2. The minimum atomic E-state index is 0.719. The van der Waals surface area contributed by atoms with Gasteiger partial charge in [-0.2, -0.15) is 5.26 Å². The molecule has 2 aromatic rings. The molecule has 1 heterocycles. The Morgan fingerprint density at radius 1 is 0.875 bits per heavy atom. The maximum Gasteiger partial charge on any atom is 0.0991 e. The first-order valence-electron chi connectivity index (χ1n) is 8.83. The summed E-state index contributed by atoms with van der Waals surface area (Å²) >= 11 is 0. The van der Waals surface area contributed by atoms with Gasteiger partial charge in [-0.1, -0.05) is 42.8 Å². The van der Waals surface area contributed by atoms with Crippen molar-refractivity contribution in [3.8, 4) is 6.07 Å².